The molecule has 0 fully saturated rings. The number of carbonyl (C=O) groups is 2. The maximum atomic E-state index is 13.4. The van der Waals surface area contributed by atoms with Gasteiger partial charge in [0.25, 0.3) is 11.8 Å². The third-order valence-corrected chi connectivity index (χ3v) is 6.71. The largest absolute Gasteiger partial charge is 0.347 e. The first kappa shape index (κ1) is 30.4. The molecular formula is C34H47N3O2. The van der Waals surface area contributed by atoms with Gasteiger partial charge in [0, 0.05) is 22.7 Å². The molecule has 1 atom stereocenters. The molecule has 0 heterocycles. The van der Waals surface area contributed by atoms with Crippen molar-refractivity contribution >= 4 is 22.6 Å². The minimum absolute atomic E-state index is 0.0622. The van der Waals surface area contributed by atoms with E-state index in [2.05, 4.69) is 49.6 Å². The van der Waals surface area contributed by atoms with Crippen molar-refractivity contribution in [2.24, 2.45) is 5.73 Å². The van der Waals surface area contributed by atoms with Crippen molar-refractivity contribution in [3.63, 3.8) is 0 Å². The lowest BCUT2D eigenvalue weighted by atomic mass is 9.84. The normalized spacial score (nSPS) is 13.3. The Morgan fingerprint density at radius 1 is 0.769 bits per heavy atom. The molecule has 0 aliphatic carbocycles. The quantitative estimate of drug-likeness (QED) is 0.319. The van der Waals surface area contributed by atoms with Crippen LogP contribution in [0, 0.1) is 0 Å². The Kier molecular flexibility index (Phi) is 8.96. The first-order chi connectivity index (χ1) is 17.9. The zero-order valence-electron chi connectivity index (χ0n) is 25.3. The highest BCUT2D eigenvalue weighted by Gasteiger charge is 2.24. The molecule has 0 radical (unpaired) electrons. The van der Waals surface area contributed by atoms with Crippen LogP contribution in [0.5, 0.6) is 0 Å². The molecule has 0 aromatic heterocycles. The van der Waals surface area contributed by atoms with E-state index in [1.165, 1.54) is 0 Å². The van der Waals surface area contributed by atoms with Gasteiger partial charge in [-0.3, -0.25) is 9.59 Å². The summed E-state index contributed by atoms with van der Waals surface area (Å²) in [4.78, 5) is 26.7. The summed E-state index contributed by atoms with van der Waals surface area (Å²) < 4.78 is 0. The van der Waals surface area contributed by atoms with E-state index in [-0.39, 0.29) is 34.3 Å². The number of aryl methyl sites for hydroxylation is 1. The van der Waals surface area contributed by atoms with Crippen LogP contribution in [-0.4, -0.2) is 28.9 Å². The van der Waals surface area contributed by atoms with Crippen molar-refractivity contribution in [2.45, 2.75) is 104 Å². The molecule has 0 aliphatic rings. The van der Waals surface area contributed by atoms with Crippen LogP contribution in [0.2, 0.25) is 0 Å². The van der Waals surface area contributed by atoms with E-state index in [1.54, 1.807) is 0 Å². The Labute approximate surface area is 235 Å². The molecule has 0 saturated heterocycles. The van der Waals surface area contributed by atoms with E-state index >= 15 is 0 Å². The Morgan fingerprint density at radius 3 is 1.97 bits per heavy atom. The van der Waals surface area contributed by atoms with Crippen LogP contribution in [0.1, 0.15) is 106 Å². The molecule has 5 nitrogen and oxygen atoms in total. The summed E-state index contributed by atoms with van der Waals surface area (Å²) in [7, 11) is 0. The minimum atomic E-state index is -0.351. The summed E-state index contributed by atoms with van der Waals surface area (Å²) in [5, 5.41) is 8.22. The highest BCUT2D eigenvalue weighted by molar-refractivity contribution is 6.08. The second-order valence-electron chi connectivity index (χ2n) is 13.9. The van der Waals surface area contributed by atoms with E-state index in [0.29, 0.717) is 30.4 Å². The topological polar surface area (TPSA) is 84.2 Å². The lowest BCUT2D eigenvalue weighted by molar-refractivity contribution is 0.0909. The molecule has 3 aromatic rings. The maximum Gasteiger partial charge on any atom is 0.252 e. The number of rotatable bonds is 7. The predicted octanol–water partition coefficient (Wildman–Crippen LogP) is 6.70. The SMILES string of the molecule is CC(C)(C)NC(=O)c1cc(C(C)(C)C)ccc1CCC(N)Cc1ccc2ccccc2c1C(=O)NC(C)(C)C. The average molecular weight is 530 g/mol. The van der Waals surface area contributed by atoms with Gasteiger partial charge in [0.15, 0.2) is 0 Å². The molecule has 0 bridgehead atoms. The zero-order chi connectivity index (χ0) is 29.2. The van der Waals surface area contributed by atoms with Gasteiger partial charge in [-0.25, -0.2) is 0 Å². The number of fused-ring (bicyclic) bond motifs is 1. The Balaban J connectivity index is 1.87. The van der Waals surface area contributed by atoms with Gasteiger partial charge in [-0.15, -0.1) is 0 Å². The molecule has 0 saturated carbocycles. The summed E-state index contributed by atoms with van der Waals surface area (Å²) in [6, 6.07) is 18.1. The van der Waals surface area contributed by atoms with Gasteiger partial charge >= 0.3 is 0 Å². The van der Waals surface area contributed by atoms with Crippen molar-refractivity contribution in [3.05, 3.63) is 82.4 Å². The monoisotopic (exact) mass is 529 g/mol. The summed E-state index contributed by atoms with van der Waals surface area (Å²) in [6.45, 7) is 18.4. The molecule has 4 N–H and O–H groups in total. The second-order valence-corrected chi connectivity index (χ2v) is 13.9. The van der Waals surface area contributed by atoms with Gasteiger partial charge in [0.2, 0.25) is 0 Å². The van der Waals surface area contributed by atoms with Crippen LogP contribution in [0.3, 0.4) is 0 Å². The van der Waals surface area contributed by atoms with Gasteiger partial charge in [-0.2, -0.15) is 0 Å². The second kappa shape index (κ2) is 11.5. The fraction of sp³-hybridized carbons (Fsp3) is 0.471. The number of carbonyl (C=O) groups excluding carboxylic acids is 2. The number of nitrogens with two attached hydrogens (primary N) is 1. The highest BCUT2D eigenvalue weighted by atomic mass is 16.2. The van der Waals surface area contributed by atoms with Gasteiger partial charge in [-0.1, -0.05) is 69.3 Å². The first-order valence-corrected chi connectivity index (χ1v) is 14.0. The molecule has 0 aliphatic heterocycles. The predicted molar refractivity (Wildman–Crippen MR) is 164 cm³/mol. The van der Waals surface area contributed by atoms with Crippen LogP contribution >= 0.6 is 0 Å². The summed E-state index contributed by atoms with van der Waals surface area (Å²) in [5.41, 5.74) is 10.4. The van der Waals surface area contributed by atoms with Gasteiger partial charge in [0.05, 0.1) is 5.56 Å². The fourth-order valence-corrected chi connectivity index (χ4v) is 4.76. The lowest BCUT2D eigenvalue weighted by Crippen LogP contribution is -2.41. The van der Waals surface area contributed by atoms with Gasteiger partial charge in [-0.05, 0) is 99.7 Å². The third-order valence-electron chi connectivity index (χ3n) is 6.71. The van der Waals surface area contributed by atoms with Crippen molar-refractivity contribution in [1.29, 1.82) is 0 Å². The Bertz CT molecular complexity index is 1340. The summed E-state index contributed by atoms with van der Waals surface area (Å²) in [5.74, 6) is -0.145. The smallest absolute Gasteiger partial charge is 0.252 e. The van der Waals surface area contributed by atoms with Crippen LogP contribution < -0.4 is 16.4 Å². The zero-order valence-corrected chi connectivity index (χ0v) is 25.3. The van der Waals surface area contributed by atoms with Crippen LogP contribution in [-0.2, 0) is 18.3 Å². The number of nitrogens with one attached hydrogen (secondary N) is 2. The molecule has 3 rings (SSSR count). The van der Waals surface area contributed by atoms with Crippen molar-refractivity contribution in [3.8, 4) is 0 Å². The van der Waals surface area contributed by atoms with E-state index in [0.717, 1.165) is 27.5 Å². The first-order valence-electron chi connectivity index (χ1n) is 14.0. The summed E-state index contributed by atoms with van der Waals surface area (Å²) >= 11 is 0. The average Bonchev–Trinajstić information content (AvgIpc) is 2.79. The highest BCUT2D eigenvalue weighted by Crippen LogP contribution is 2.27. The van der Waals surface area contributed by atoms with Gasteiger partial charge in [0.1, 0.15) is 0 Å². The van der Waals surface area contributed by atoms with Crippen LogP contribution in [0.4, 0.5) is 0 Å². The maximum absolute atomic E-state index is 13.4. The number of benzene rings is 3. The van der Waals surface area contributed by atoms with E-state index < -0.39 is 0 Å². The molecular weight excluding hydrogens is 482 g/mol. The molecule has 0 spiro atoms. The Hall–Kier alpha value is -3.18. The van der Waals surface area contributed by atoms with E-state index in [1.807, 2.05) is 77.9 Å². The van der Waals surface area contributed by atoms with E-state index in [4.69, 9.17) is 5.73 Å². The minimum Gasteiger partial charge on any atom is -0.347 e. The summed E-state index contributed by atoms with van der Waals surface area (Å²) in [6.07, 6.45) is 1.94. The molecule has 3 aromatic carbocycles. The van der Waals surface area contributed by atoms with Crippen LogP contribution in [0.25, 0.3) is 10.8 Å². The van der Waals surface area contributed by atoms with Crippen molar-refractivity contribution in [1.82, 2.24) is 10.6 Å². The molecule has 1 unspecified atom stereocenters. The molecule has 39 heavy (non-hydrogen) atoms. The van der Waals surface area contributed by atoms with Crippen LogP contribution in [0.15, 0.2) is 54.6 Å². The van der Waals surface area contributed by atoms with E-state index in [9.17, 15) is 9.59 Å². The third kappa shape index (κ3) is 8.40. The molecule has 210 valence electrons. The Morgan fingerprint density at radius 2 is 1.36 bits per heavy atom. The standard InChI is InChI=1S/C34H47N3O2/c1-32(2,3)25-18-16-23(28(21-25)30(38)36-33(4,5)6)17-19-26(35)20-24-15-14-22-12-10-11-13-27(22)29(24)31(39)37-34(7,8)9/h10-16,18,21,26H,17,19-20,35H2,1-9H3,(H,36,38)(H,37,39). The van der Waals surface area contributed by atoms with Gasteiger partial charge < -0.3 is 16.4 Å². The van der Waals surface area contributed by atoms with Crippen molar-refractivity contribution in [2.75, 3.05) is 0 Å². The lowest BCUT2D eigenvalue weighted by Gasteiger charge is -2.25. The molecule has 2 amide bonds. The number of hydrogen-bond acceptors (Lipinski definition) is 3. The fourth-order valence-electron chi connectivity index (χ4n) is 4.76. The van der Waals surface area contributed by atoms with Crippen molar-refractivity contribution < 1.29 is 9.59 Å². The molecule has 5 heteroatoms. The number of amides is 2. The number of hydrogen-bond donors (Lipinski definition) is 3.